The molecule has 5 rings (SSSR count). The second kappa shape index (κ2) is 9.81. The van der Waals surface area contributed by atoms with Crippen molar-refractivity contribution >= 4 is 40.7 Å². The molecule has 1 aliphatic heterocycles. The highest BCUT2D eigenvalue weighted by Crippen LogP contribution is 2.47. The lowest BCUT2D eigenvalue weighted by Gasteiger charge is -2.29. The molecule has 1 atom stereocenters. The van der Waals surface area contributed by atoms with Crippen LogP contribution in [0.3, 0.4) is 0 Å². The molecule has 4 aromatic rings. The second-order valence-electron chi connectivity index (χ2n) is 9.44. The van der Waals surface area contributed by atoms with E-state index in [1.807, 2.05) is 46.1 Å². The number of methoxy groups -OCH3 is 1. The van der Waals surface area contributed by atoms with Crippen molar-refractivity contribution in [1.82, 2.24) is 19.5 Å². The highest BCUT2D eigenvalue weighted by atomic mass is 35.5. The van der Waals surface area contributed by atoms with Gasteiger partial charge < -0.3 is 19.2 Å². The van der Waals surface area contributed by atoms with E-state index in [4.69, 9.17) is 27.9 Å². The van der Waals surface area contributed by atoms with Crippen molar-refractivity contribution in [3.05, 3.63) is 86.0 Å². The minimum atomic E-state index is -0.513. The highest BCUT2D eigenvalue weighted by molar-refractivity contribution is 6.31. The fraction of sp³-hybridized carbons (Fsp3) is 0.259. The molecule has 1 amide bonds. The van der Waals surface area contributed by atoms with Gasteiger partial charge in [0.2, 0.25) is 11.8 Å². The molecule has 0 aliphatic carbocycles. The zero-order valence-electron chi connectivity index (χ0n) is 21.5. The van der Waals surface area contributed by atoms with Crippen LogP contribution in [0.4, 0.5) is 11.6 Å². The number of aromatic nitrogens is 4. The highest BCUT2D eigenvalue weighted by Gasteiger charge is 2.43. The maximum atomic E-state index is 14.0. The van der Waals surface area contributed by atoms with Gasteiger partial charge in [0, 0.05) is 37.6 Å². The summed E-state index contributed by atoms with van der Waals surface area (Å²) in [6.45, 7) is 4.10. The van der Waals surface area contributed by atoms with Crippen LogP contribution in [-0.4, -0.2) is 46.6 Å². The molecule has 0 bridgehead atoms. The number of halogens is 2. The quantitative estimate of drug-likeness (QED) is 0.346. The Bertz CT molecular complexity index is 1590. The number of benzene rings is 1. The average Bonchev–Trinajstić information content (AvgIpc) is 3.41. The fourth-order valence-corrected chi connectivity index (χ4v) is 5.12. The minimum Gasteiger partial charge on any atom is -0.480 e. The minimum absolute atomic E-state index is 0.00275. The molecule has 1 aliphatic rings. The van der Waals surface area contributed by atoms with Crippen LogP contribution < -0.4 is 20.1 Å². The van der Waals surface area contributed by atoms with Gasteiger partial charge in [0.25, 0.3) is 11.5 Å². The SMILES string of the molecule is COc1nc(N(C)C)ncc1-c1cc2c(n1C(C)C)C(c1ccc(Cl)cc1)N(c1c[nH]c(=O)c(Cl)c1)C2=O. The van der Waals surface area contributed by atoms with E-state index in [9.17, 15) is 9.59 Å². The third-order valence-corrected chi connectivity index (χ3v) is 7.01. The summed E-state index contributed by atoms with van der Waals surface area (Å²) in [5.74, 6) is 0.687. The van der Waals surface area contributed by atoms with Gasteiger partial charge in [0.15, 0.2) is 0 Å². The first-order valence-corrected chi connectivity index (χ1v) is 12.7. The van der Waals surface area contributed by atoms with Crippen molar-refractivity contribution in [2.24, 2.45) is 0 Å². The monoisotopic (exact) mass is 552 g/mol. The predicted molar refractivity (Wildman–Crippen MR) is 149 cm³/mol. The lowest BCUT2D eigenvalue weighted by molar-refractivity contribution is 0.0993. The summed E-state index contributed by atoms with van der Waals surface area (Å²) >= 11 is 12.4. The Hall–Kier alpha value is -3.82. The summed E-state index contributed by atoms with van der Waals surface area (Å²) in [7, 11) is 5.27. The Morgan fingerprint density at radius 1 is 1.08 bits per heavy atom. The Morgan fingerprint density at radius 2 is 1.79 bits per heavy atom. The fourth-order valence-electron chi connectivity index (χ4n) is 4.83. The standard InChI is InChI=1S/C27H26Cl2N6O3/c1-14(2)34-21(19-13-31-27(33(3)4)32-25(19)38-5)11-18-23(34)22(15-6-8-16(28)9-7-15)35(26(18)37)17-10-20(29)24(36)30-12-17/h6-14,22H,1-5H3,(H,30,36). The van der Waals surface area contributed by atoms with E-state index in [1.54, 1.807) is 35.2 Å². The number of ether oxygens (including phenoxy) is 1. The molecule has 1 N–H and O–H groups in total. The average molecular weight is 553 g/mol. The van der Waals surface area contributed by atoms with Crippen molar-refractivity contribution in [3.63, 3.8) is 0 Å². The number of carbonyl (C=O) groups is 1. The molecular formula is C27H26Cl2N6O3. The van der Waals surface area contributed by atoms with Crippen LogP contribution >= 0.6 is 23.2 Å². The number of anilines is 2. The van der Waals surface area contributed by atoms with Gasteiger partial charge in [-0.3, -0.25) is 14.5 Å². The first kappa shape index (κ1) is 25.8. The molecule has 0 spiro atoms. The van der Waals surface area contributed by atoms with E-state index in [0.29, 0.717) is 33.7 Å². The van der Waals surface area contributed by atoms with Crippen LogP contribution in [0, 0.1) is 0 Å². The van der Waals surface area contributed by atoms with Gasteiger partial charge in [0.1, 0.15) is 11.1 Å². The van der Waals surface area contributed by atoms with Gasteiger partial charge >= 0.3 is 0 Å². The van der Waals surface area contributed by atoms with Crippen molar-refractivity contribution in [2.75, 3.05) is 31.0 Å². The van der Waals surface area contributed by atoms with Crippen LogP contribution in [0.5, 0.6) is 5.88 Å². The molecule has 0 radical (unpaired) electrons. The molecule has 38 heavy (non-hydrogen) atoms. The molecule has 196 valence electrons. The molecular weight excluding hydrogens is 527 g/mol. The Morgan fingerprint density at radius 3 is 2.39 bits per heavy atom. The van der Waals surface area contributed by atoms with Gasteiger partial charge in [0.05, 0.1) is 35.3 Å². The molecule has 11 heteroatoms. The van der Waals surface area contributed by atoms with E-state index in [2.05, 4.69) is 19.5 Å². The first-order chi connectivity index (χ1) is 18.1. The van der Waals surface area contributed by atoms with E-state index >= 15 is 0 Å². The van der Waals surface area contributed by atoms with Gasteiger partial charge in [-0.05, 0) is 43.7 Å². The summed E-state index contributed by atoms with van der Waals surface area (Å²) in [5.41, 5.74) is 3.65. The Labute approximate surface area is 229 Å². The van der Waals surface area contributed by atoms with Crippen molar-refractivity contribution < 1.29 is 9.53 Å². The number of hydrogen-bond acceptors (Lipinski definition) is 6. The smallest absolute Gasteiger partial charge is 0.266 e. The molecule has 4 heterocycles. The lowest BCUT2D eigenvalue weighted by atomic mass is 10.0. The van der Waals surface area contributed by atoms with Gasteiger partial charge in [-0.2, -0.15) is 4.98 Å². The number of pyridine rings is 1. The van der Waals surface area contributed by atoms with E-state index < -0.39 is 11.6 Å². The molecule has 3 aromatic heterocycles. The van der Waals surface area contributed by atoms with Crippen molar-refractivity contribution in [2.45, 2.75) is 25.9 Å². The van der Waals surface area contributed by atoms with Gasteiger partial charge in [-0.25, -0.2) is 4.98 Å². The number of fused-ring (bicyclic) bond motifs is 1. The third kappa shape index (κ3) is 4.21. The number of amides is 1. The molecule has 9 nitrogen and oxygen atoms in total. The van der Waals surface area contributed by atoms with E-state index in [0.717, 1.165) is 17.0 Å². The van der Waals surface area contributed by atoms with Crippen LogP contribution in [0.15, 0.2) is 53.6 Å². The second-order valence-corrected chi connectivity index (χ2v) is 10.3. The maximum Gasteiger partial charge on any atom is 0.266 e. The number of nitrogens with one attached hydrogen (secondary N) is 1. The molecule has 0 fully saturated rings. The molecule has 0 saturated heterocycles. The van der Waals surface area contributed by atoms with E-state index in [-0.39, 0.29) is 17.0 Å². The van der Waals surface area contributed by atoms with Gasteiger partial charge in [-0.1, -0.05) is 35.3 Å². The van der Waals surface area contributed by atoms with Crippen LogP contribution in [0.25, 0.3) is 11.3 Å². The van der Waals surface area contributed by atoms with Crippen molar-refractivity contribution in [1.29, 1.82) is 0 Å². The predicted octanol–water partition coefficient (Wildman–Crippen LogP) is 5.35. The van der Waals surface area contributed by atoms with E-state index in [1.165, 1.54) is 12.3 Å². The normalized spacial score (nSPS) is 14.8. The zero-order valence-corrected chi connectivity index (χ0v) is 23.0. The largest absolute Gasteiger partial charge is 0.480 e. The van der Waals surface area contributed by atoms with Gasteiger partial charge in [-0.15, -0.1) is 0 Å². The molecule has 1 unspecified atom stereocenters. The van der Waals surface area contributed by atoms with Crippen LogP contribution in [-0.2, 0) is 0 Å². The Balaban J connectivity index is 1.77. The maximum absolute atomic E-state index is 14.0. The number of hydrogen-bond donors (Lipinski definition) is 1. The number of carbonyl (C=O) groups excluding carboxylic acids is 1. The van der Waals surface area contributed by atoms with Crippen molar-refractivity contribution in [3.8, 4) is 17.1 Å². The summed E-state index contributed by atoms with van der Waals surface area (Å²) in [4.78, 5) is 41.1. The summed E-state index contributed by atoms with van der Waals surface area (Å²) in [6.07, 6.45) is 3.21. The topological polar surface area (TPSA) is 96.3 Å². The lowest BCUT2D eigenvalue weighted by Crippen LogP contribution is -2.30. The Kier molecular flexibility index (Phi) is 6.66. The summed E-state index contributed by atoms with van der Waals surface area (Å²) < 4.78 is 7.75. The first-order valence-electron chi connectivity index (χ1n) is 11.9. The number of aromatic amines is 1. The zero-order chi connectivity index (χ0) is 27.3. The number of rotatable bonds is 6. The number of nitrogens with zero attached hydrogens (tertiary/aromatic N) is 5. The summed E-state index contributed by atoms with van der Waals surface area (Å²) in [6, 6.07) is 10.2. The van der Waals surface area contributed by atoms with Crippen LogP contribution in [0.1, 0.15) is 47.5 Å². The van der Waals surface area contributed by atoms with Crippen LogP contribution in [0.2, 0.25) is 10.0 Å². The number of H-pyrrole nitrogens is 1. The molecule has 0 saturated carbocycles. The summed E-state index contributed by atoms with van der Waals surface area (Å²) in [5, 5.41) is 0.580. The molecule has 1 aromatic carbocycles. The third-order valence-electron chi connectivity index (χ3n) is 6.48.